The number of urea groups is 1. The molecule has 0 aliphatic rings. The van der Waals surface area contributed by atoms with E-state index in [2.05, 4.69) is 10.6 Å². The second kappa shape index (κ2) is 4.99. The number of carbonyl (C=O) groups is 1. The van der Waals surface area contributed by atoms with Crippen LogP contribution in [0.1, 0.15) is 0 Å². The molecule has 5 nitrogen and oxygen atoms in total. The van der Waals surface area contributed by atoms with E-state index >= 15 is 0 Å². The van der Waals surface area contributed by atoms with Gasteiger partial charge in [0.15, 0.2) is 0 Å². The summed E-state index contributed by atoms with van der Waals surface area (Å²) in [6.45, 7) is 0.130. The third-order valence-electron chi connectivity index (χ3n) is 0.843. The summed E-state index contributed by atoms with van der Waals surface area (Å²) in [7, 11) is 1.41. The van der Waals surface area contributed by atoms with E-state index in [0.29, 0.717) is 5.01 Å². The fourth-order valence-electron chi connectivity index (χ4n) is 0.389. The van der Waals surface area contributed by atoms with Gasteiger partial charge in [0.1, 0.15) is 0 Å². The van der Waals surface area contributed by atoms with Crippen molar-refractivity contribution in [2.75, 3.05) is 19.5 Å². The number of rotatable bonds is 3. The van der Waals surface area contributed by atoms with E-state index in [1.54, 1.807) is 0 Å². The van der Waals surface area contributed by atoms with E-state index in [1.807, 2.05) is 0 Å². The molecule has 0 aliphatic carbocycles. The van der Waals surface area contributed by atoms with Gasteiger partial charge in [-0.3, -0.25) is 0 Å². The molecule has 58 valence electrons. The fraction of sp³-hybridized carbons (Fsp3) is 0.750. The van der Waals surface area contributed by atoms with Crippen molar-refractivity contribution in [1.82, 2.24) is 10.3 Å². The highest BCUT2D eigenvalue weighted by molar-refractivity contribution is 6.18. The van der Waals surface area contributed by atoms with Crippen LogP contribution in [0.3, 0.4) is 0 Å². The normalized spacial score (nSPS) is 8.60. The van der Waals surface area contributed by atoms with Crippen LogP contribution in [0.2, 0.25) is 0 Å². The lowest BCUT2D eigenvalue weighted by atomic mass is 10.7. The van der Waals surface area contributed by atoms with Gasteiger partial charge in [0, 0.05) is 12.9 Å². The highest BCUT2D eigenvalue weighted by Gasteiger charge is 2.09. The second-order valence-corrected chi connectivity index (χ2v) is 1.83. The molecule has 0 aliphatic heterocycles. The minimum atomic E-state index is -0.546. The first-order chi connectivity index (χ1) is 4.76. The van der Waals surface area contributed by atoms with Crippen molar-refractivity contribution in [2.24, 2.45) is 5.29 Å². The highest BCUT2D eigenvalue weighted by atomic mass is 35.5. The average molecular weight is 166 g/mol. The van der Waals surface area contributed by atoms with E-state index in [0.717, 1.165) is 0 Å². The summed E-state index contributed by atoms with van der Waals surface area (Å²) in [4.78, 5) is 20.4. The molecule has 10 heavy (non-hydrogen) atoms. The molecule has 0 unspecified atom stereocenters. The molecule has 0 saturated carbocycles. The number of halogens is 1. The van der Waals surface area contributed by atoms with Crippen LogP contribution in [0, 0.1) is 4.91 Å². The maximum atomic E-state index is 10.6. The summed E-state index contributed by atoms with van der Waals surface area (Å²) >= 11 is 5.26. The second-order valence-electron chi connectivity index (χ2n) is 1.45. The fourth-order valence-corrected chi connectivity index (χ4v) is 0.549. The highest BCUT2D eigenvalue weighted by Crippen LogP contribution is 1.90. The Morgan fingerprint density at radius 2 is 2.40 bits per heavy atom. The van der Waals surface area contributed by atoms with Crippen LogP contribution in [0.25, 0.3) is 0 Å². The van der Waals surface area contributed by atoms with Gasteiger partial charge in [-0.2, -0.15) is 5.01 Å². The van der Waals surface area contributed by atoms with Gasteiger partial charge in [0.2, 0.25) is 0 Å². The zero-order chi connectivity index (χ0) is 7.98. The minimum Gasteiger partial charge on any atom is -0.339 e. The van der Waals surface area contributed by atoms with Gasteiger partial charge >= 0.3 is 6.03 Å². The van der Waals surface area contributed by atoms with Gasteiger partial charge < -0.3 is 5.32 Å². The Morgan fingerprint density at radius 1 is 1.80 bits per heavy atom. The molecule has 0 aromatic rings. The van der Waals surface area contributed by atoms with Gasteiger partial charge in [-0.15, -0.1) is 16.5 Å². The van der Waals surface area contributed by atoms with Crippen molar-refractivity contribution < 1.29 is 4.79 Å². The van der Waals surface area contributed by atoms with Crippen LogP contribution >= 0.6 is 11.6 Å². The number of nitrogens with zero attached hydrogens (tertiary/aromatic N) is 2. The van der Waals surface area contributed by atoms with Gasteiger partial charge in [-0.05, 0) is 0 Å². The van der Waals surface area contributed by atoms with Gasteiger partial charge in [0.05, 0.1) is 11.8 Å². The summed E-state index contributed by atoms with van der Waals surface area (Å²) in [6.07, 6.45) is 0. The predicted molar refractivity (Wildman–Crippen MR) is 37.7 cm³/mol. The molecule has 0 aromatic heterocycles. The molecule has 0 rings (SSSR count). The summed E-state index contributed by atoms with van der Waals surface area (Å²) in [5.41, 5.74) is 0. The van der Waals surface area contributed by atoms with Crippen LogP contribution < -0.4 is 5.32 Å². The lowest BCUT2D eigenvalue weighted by Crippen LogP contribution is -2.34. The molecular weight excluding hydrogens is 158 g/mol. The van der Waals surface area contributed by atoms with Gasteiger partial charge in [-0.1, -0.05) is 0 Å². The van der Waals surface area contributed by atoms with Crippen molar-refractivity contribution in [3.8, 4) is 0 Å². The number of amides is 2. The molecule has 1 N–H and O–H groups in total. The number of nitrogens with one attached hydrogen (secondary N) is 1. The Balaban J connectivity index is 3.80. The summed E-state index contributed by atoms with van der Waals surface area (Å²) < 4.78 is 0. The predicted octanol–water partition coefficient (Wildman–Crippen LogP) is 0.548. The summed E-state index contributed by atoms with van der Waals surface area (Å²) in [5, 5.41) is 5.39. The van der Waals surface area contributed by atoms with Crippen LogP contribution in [0.5, 0.6) is 0 Å². The van der Waals surface area contributed by atoms with Crippen molar-refractivity contribution in [1.29, 1.82) is 0 Å². The molecule has 0 fully saturated rings. The molecule has 0 bridgehead atoms. The number of hydrogen-bond acceptors (Lipinski definition) is 3. The smallest absolute Gasteiger partial charge is 0.339 e. The first-order valence-electron chi connectivity index (χ1n) is 2.64. The first-order valence-corrected chi connectivity index (χ1v) is 3.18. The average Bonchev–Trinajstić information content (AvgIpc) is 1.99. The standard InChI is InChI=1S/C4H8ClN3O2/c1-6-4(9)8(7-10)3-2-5/h2-3H2,1H3,(H,6,9). The van der Waals surface area contributed by atoms with Crippen LogP contribution in [-0.2, 0) is 0 Å². The Hall–Kier alpha value is -0.840. The Labute approximate surface area is 63.3 Å². The molecule has 0 spiro atoms. The van der Waals surface area contributed by atoms with Crippen molar-refractivity contribution in [2.45, 2.75) is 0 Å². The molecule has 0 saturated heterocycles. The van der Waals surface area contributed by atoms with Crippen molar-refractivity contribution >= 4 is 17.6 Å². The lowest BCUT2D eigenvalue weighted by Gasteiger charge is -2.09. The first kappa shape index (κ1) is 9.16. The Bertz CT molecular complexity index is 130. The van der Waals surface area contributed by atoms with E-state index in [-0.39, 0.29) is 12.4 Å². The van der Waals surface area contributed by atoms with E-state index in [4.69, 9.17) is 11.6 Å². The van der Waals surface area contributed by atoms with Gasteiger partial charge in [0.25, 0.3) is 0 Å². The topological polar surface area (TPSA) is 61.8 Å². The van der Waals surface area contributed by atoms with Crippen molar-refractivity contribution in [3.05, 3.63) is 4.91 Å². The molecular formula is C4H8ClN3O2. The number of alkyl halides is 1. The van der Waals surface area contributed by atoms with E-state index in [9.17, 15) is 9.70 Å². The molecule has 0 heterocycles. The third kappa shape index (κ3) is 2.63. The van der Waals surface area contributed by atoms with E-state index in [1.165, 1.54) is 7.05 Å². The molecule has 2 amide bonds. The number of carbonyl (C=O) groups excluding carboxylic acids is 1. The largest absolute Gasteiger partial charge is 0.340 e. The SMILES string of the molecule is CNC(=O)N(CCCl)N=O. The number of nitroso groups, excluding NO2 is 1. The van der Waals surface area contributed by atoms with Crippen molar-refractivity contribution in [3.63, 3.8) is 0 Å². The maximum absolute atomic E-state index is 10.6. The number of hydrogen-bond donors (Lipinski definition) is 1. The Morgan fingerprint density at radius 3 is 2.70 bits per heavy atom. The minimum absolute atomic E-state index is 0.130. The molecule has 6 heteroatoms. The molecule has 0 aromatic carbocycles. The van der Waals surface area contributed by atoms with Gasteiger partial charge in [-0.25, -0.2) is 4.79 Å². The summed E-state index contributed by atoms with van der Waals surface area (Å²) in [6, 6.07) is -0.546. The lowest BCUT2D eigenvalue weighted by molar-refractivity contribution is 0.204. The third-order valence-corrected chi connectivity index (χ3v) is 1.01. The summed E-state index contributed by atoms with van der Waals surface area (Å²) in [5.74, 6) is 0.194. The zero-order valence-corrected chi connectivity index (χ0v) is 6.26. The maximum Gasteiger partial charge on any atom is 0.340 e. The molecule has 0 radical (unpaired) electrons. The Kier molecular flexibility index (Phi) is 4.57. The zero-order valence-electron chi connectivity index (χ0n) is 5.50. The van der Waals surface area contributed by atoms with Crippen LogP contribution in [0.4, 0.5) is 4.79 Å². The van der Waals surface area contributed by atoms with E-state index < -0.39 is 6.03 Å². The van der Waals surface area contributed by atoms with Crippen LogP contribution in [0.15, 0.2) is 5.29 Å². The molecule has 0 atom stereocenters. The monoisotopic (exact) mass is 165 g/mol. The van der Waals surface area contributed by atoms with Crippen LogP contribution in [-0.4, -0.2) is 30.5 Å². The quantitative estimate of drug-likeness (QED) is 0.377.